The molecule has 2 aliphatic heterocycles. The summed E-state index contributed by atoms with van der Waals surface area (Å²) in [4.78, 5) is 37.2. The zero-order valence-corrected chi connectivity index (χ0v) is 14.7. The second-order valence-corrected chi connectivity index (χ2v) is 7.07. The van der Waals surface area contributed by atoms with E-state index in [9.17, 15) is 9.59 Å². The summed E-state index contributed by atoms with van der Waals surface area (Å²) >= 11 is 0. The number of hydrogen-bond acceptors (Lipinski definition) is 4. The molecule has 6 nitrogen and oxygen atoms in total. The Balaban J connectivity index is 1.46. The van der Waals surface area contributed by atoms with E-state index in [4.69, 9.17) is 0 Å². The molecule has 2 aromatic rings. The van der Waals surface area contributed by atoms with Crippen molar-refractivity contribution in [1.29, 1.82) is 0 Å². The summed E-state index contributed by atoms with van der Waals surface area (Å²) in [5.41, 5.74) is 1.46. The lowest BCUT2D eigenvalue weighted by Gasteiger charge is -2.45. The highest BCUT2D eigenvalue weighted by Gasteiger charge is 2.47. The van der Waals surface area contributed by atoms with Gasteiger partial charge in [-0.05, 0) is 49.1 Å². The third-order valence-electron chi connectivity index (χ3n) is 5.63. The highest BCUT2D eigenvalue weighted by atomic mass is 16.2. The van der Waals surface area contributed by atoms with Crippen molar-refractivity contribution in [2.75, 3.05) is 13.1 Å². The lowest BCUT2D eigenvalue weighted by Crippen LogP contribution is -2.53. The molecule has 2 aromatic heterocycles. The van der Waals surface area contributed by atoms with Gasteiger partial charge in [0.05, 0.1) is 0 Å². The topological polar surface area (TPSA) is 66.4 Å². The maximum absolute atomic E-state index is 12.6. The molecule has 1 spiro atoms. The molecule has 2 saturated heterocycles. The van der Waals surface area contributed by atoms with Crippen molar-refractivity contribution in [3.63, 3.8) is 0 Å². The Bertz CT molecular complexity index is 786. The molecule has 0 radical (unpaired) electrons. The van der Waals surface area contributed by atoms with E-state index in [0.717, 1.165) is 24.8 Å². The number of rotatable bonds is 3. The Morgan fingerprint density at radius 2 is 1.81 bits per heavy atom. The van der Waals surface area contributed by atoms with Crippen molar-refractivity contribution in [1.82, 2.24) is 19.8 Å². The van der Waals surface area contributed by atoms with E-state index in [2.05, 4.69) is 9.97 Å². The minimum Gasteiger partial charge on any atom is -0.337 e. The van der Waals surface area contributed by atoms with Crippen LogP contribution in [0, 0.1) is 0 Å². The first-order valence-electron chi connectivity index (χ1n) is 9.08. The summed E-state index contributed by atoms with van der Waals surface area (Å²) in [5, 5.41) is 0. The number of nitrogens with zero attached hydrogens (tertiary/aromatic N) is 4. The first-order chi connectivity index (χ1) is 12.7. The Morgan fingerprint density at radius 1 is 1.04 bits per heavy atom. The third kappa shape index (κ3) is 3.07. The van der Waals surface area contributed by atoms with Gasteiger partial charge in [-0.2, -0.15) is 0 Å². The number of pyridine rings is 2. The molecule has 2 aliphatic rings. The molecule has 4 rings (SSSR count). The van der Waals surface area contributed by atoms with Crippen LogP contribution in [0.3, 0.4) is 0 Å². The molecular weight excluding hydrogens is 328 g/mol. The molecule has 0 aromatic carbocycles. The van der Waals surface area contributed by atoms with Crippen molar-refractivity contribution in [2.45, 2.75) is 37.8 Å². The van der Waals surface area contributed by atoms with E-state index in [1.54, 1.807) is 24.7 Å². The van der Waals surface area contributed by atoms with Crippen LogP contribution in [0.25, 0.3) is 0 Å². The van der Waals surface area contributed by atoms with Crippen LogP contribution in [-0.4, -0.2) is 50.2 Å². The van der Waals surface area contributed by atoms with Crippen LogP contribution in [0.5, 0.6) is 0 Å². The Morgan fingerprint density at radius 3 is 2.50 bits per heavy atom. The van der Waals surface area contributed by atoms with Gasteiger partial charge >= 0.3 is 0 Å². The lowest BCUT2D eigenvalue weighted by molar-refractivity contribution is -0.133. The van der Waals surface area contributed by atoms with Gasteiger partial charge in [0.2, 0.25) is 5.91 Å². The van der Waals surface area contributed by atoms with Crippen molar-refractivity contribution >= 4 is 11.8 Å². The van der Waals surface area contributed by atoms with Crippen LogP contribution in [0.15, 0.2) is 48.9 Å². The number of amides is 2. The number of carbonyl (C=O) groups excluding carboxylic acids is 2. The van der Waals surface area contributed by atoms with Gasteiger partial charge in [-0.15, -0.1) is 0 Å². The van der Waals surface area contributed by atoms with Crippen LogP contribution in [0.1, 0.15) is 41.7 Å². The fourth-order valence-corrected chi connectivity index (χ4v) is 4.10. The predicted octanol–water partition coefficient (Wildman–Crippen LogP) is 2.27. The minimum atomic E-state index is -0.124. The summed E-state index contributed by atoms with van der Waals surface area (Å²) in [6.45, 7) is 1.95. The molecule has 134 valence electrons. The lowest BCUT2D eigenvalue weighted by atomic mass is 9.84. The number of piperidine rings is 1. The summed E-state index contributed by atoms with van der Waals surface area (Å²) in [7, 11) is 0. The molecule has 2 amide bonds. The van der Waals surface area contributed by atoms with E-state index in [1.807, 2.05) is 34.1 Å². The van der Waals surface area contributed by atoms with Crippen molar-refractivity contribution < 1.29 is 9.59 Å². The van der Waals surface area contributed by atoms with Gasteiger partial charge in [-0.25, -0.2) is 0 Å². The molecule has 2 fully saturated rings. The average molecular weight is 350 g/mol. The fraction of sp³-hybridized carbons (Fsp3) is 0.400. The first-order valence-corrected chi connectivity index (χ1v) is 9.08. The van der Waals surface area contributed by atoms with Crippen molar-refractivity contribution in [2.24, 2.45) is 0 Å². The monoisotopic (exact) mass is 350 g/mol. The van der Waals surface area contributed by atoms with Gasteiger partial charge in [-0.3, -0.25) is 19.6 Å². The zero-order chi connectivity index (χ0) is 18.0. The maximum Gasteiger partial charge on any atom is 0.272 e. The standard InChI is InChI=1S/C20H22N4O2/c25-18-4-7-20(24(18)15-16-5-11-21-12-6-16)8-13-23(14-9-20)19(26)17-3-1-2-10-22-17/h1-3,5-6,10-12H,4,7-9,13-15H2. The van der Waals surface area contributed by atoms with Crippen LogP contribution in [0.4, 0.5) is 0 Å². The second kappa shape index (κ2) is 6.86. The van der Waals surface area contributed by atoms with E-state index in [-0.39, 0.29) is 17.4 Å². The van der Waals surface area contributed by atoms with Gasteiger partial charge in [-0.1, -0.05) is 6.07 Å². The Hall–Kier alpha value is -2.76. The molecule has 26 heavy (non-hydrogen) atoms. The maximum atomic E-state index is 12.6. The Kier molecular flexibility index (Phi) is 4.41. The predicted molar refractivity (Wildman–Crippen MR) is 96.1 cm³/mol. The zero-order valence-electron chi connectivity index (χ0n) is 14.7. The smallest absolute Gasteiger partial charge is 0.272 e. The van der Waals surface area contributed by atoms with E-state index >= 15 is 0 Å². The van der Waals surface area contributed by atoms with Crippen LogP contribution in [-0.2, 0) is 11.3 Å². The number of likely N-dealkylation sites (tertiary alicyclic amines) is 2. The van der Waals surface area contributed by atoms with Gasteiger partial charge in [0.25, 0.3) is 5.91 Å². The normalized spacial score (nSPS) is 19.2. The highest BCUT2D eigenvalue weighted by Crippen LogP contribution is 2.40. The molecule has 0 N–H and O–H groups in total. The highest BCUT2D eigenvalue weighted by molar-refractivity contribution is 5.92. The summed E-state index contributed by atoms with van der Waals surface area (Å²) in [5.74, 6) is 0.191. The summed E-state index contributed by atoms with van der Waals surface area (Å²) < 4.78 is 0. The van der Waals surface area contributed by atoms with Crippen LogP contribution < -0.4 is 0 Å². The Labute approximate surface area is 152 Å². The van der Waals surface area contributed by atoms with Gasteiger partial charge in [0.1, 0.15) is 5.69 Å². The molecule has 6 heteroatoms. The molecular formula is C20H22N4O2. The van der Waals surface area contributed by atoms with E-state index in [1.165, 1.54) is 0 Å². The van der Waals surface area contributed by atoms with Gasteiger partial charge < -0.3 is 9.80 Å². The number of hydrogen-bond donors (Lipinski definition) is 0. The summed E-state index contributed by atoms with van der Waals surface area (Å²) in [6, 6.07) is 9.31. The largest absolute Gasteiger partial charge is 0.337 e. The minimum absolute atomic E-state index is 0.0227. The van der Waals surface area contributed by atoms with E-state index in [0.29, 0.717) is 31.7 Å². The van der Waals surface area contributed by atoms with Gasteiger partial charge in [0.15, 0.2) is 0 Å². The van der Waals surface area contributed by atoms with Crippen molar-refractivity contribution in [3.05, 3.63) is 60.2 Å². The molecule has 0 bridgehead atoms. The summed E-state index contributed by atoms with van der Waals surface area (Å²) in [6.07, 6.45) is 8.28. The van der Waals surface area contributed by atoms with Gasteiger partial charge in [0, 0.05) is 50.2 Å². The van der Waals surface area contributed by atoms with Crippen LogP contribution >= 0.6 is 0 Å². The first kappa shape index (κ1) is 16.7. The van der Waals surface area contributed by atoms with Crippen LogP contribution in [0.2, 0.25) is 0 Å². The fourth-order valence-electron chi connectivity index (χ4n) is 4.10. The number of carbonyl (C=O) groups is 2. The molecule has 0 atom stereocenters. The molecule has 4 heterocycles. The molecule has 0 aliphatic carbocycles. The molecule has 0 unspecified atom stereocenters. The average Bonchev–Trinajstić information content (AvgIpc) is 2.99. The molecule has 0 saturated carbocycles. The van der Waals surface area contributed by atoms with Crippen molar-refractivity contribution in [3.8, 4) is 0 Å². The SMILES string of the molecule is O=C(c1ccccn1)N1CCC2(CCC(=O)N2Cc2ccncc2)CC1. The number of aromatic nitrogens is 2. The van der Waals surface area contributed by atoms with E-state index < -0.39 is 0 Å². The third-order valence-corrected chi connectivity index (χ3v) is 5.63. The quantitative estimate of drug-likeness (QED) is 0.852. The second-order valence-electron chi connectivity index (χ2n) is 7.07.